The van der Waals surface area contributed by atoms with Crippen LogP contribution in [0, 0.1) is 6.92 Å². The third-order valence-corrected chi connectivity index (χ3v) is 3.72. The van der Waals surface area contributed by atoms with E-state index in [1.165, 1.54) is 6.20 Å². The van der Waals surface area contributed by atoms with Gasteiger partial charge in [0, 0.05) is 5.69 Å². The van der Waals surface area contributed by atoms with Gasteiger partial charge in [0.15, 0.2) is 0 Å². The van der Waals surface area contributed by atoms with Gasteiger partial charge in [-0.1, -0.05) is 23.7 Å². The van der Waals surface area contributed by atoms with Crippen molar-refractivity contribution < 1.29 is 4.79 Å². The first-order chi connectivity index (χ1) is 8.99. The summed E-state index contributed by atoms with van der Waals surface area (Å²) in [6.07, 6.45) is 1.49. The predicted molar refractivity (Wildman–Crippen MR) is 80.5 cm³/mol. The molecular formula is C13H11BrClN3O. The number of nitrogens with two attached hydrogens (primary N) is 1. The third-order valence-electron chi connectivity index (χ3n) is 2.59. The number of pyridine rings is 1. The summed E-state index contributed by atoms with van der Waals surface area (Å²) in [7, 11) is 0. The minimum atomic E-state index is -0.272. The molecule has 0 aliphatic heterocycles. The number of nitrogen functional groups attached to an aromatic ring is 1. The van der Waals surface area contributed by atoms with Gasteiger partial charge in [-0.25, -0.2) is 4.98 Å². The van der Waals surface area contributed by atoms with Crippen LogP contribution in [0.15, 0.2) is 34.9 Å². The lowest BCUT2D eigenvalue weighted by Gasteiger charge is -2.10. The maximum absolute atomic E-state index is 12.2. The van der Waals surface area contributed by atoms with E-state index >= 15 is 0 Å². The van der Waals surface area contributed by atoms with Crippen LogP contribution in [0.2, 0.25) is 5.15 Å². The minimum Gasteiger partial charge on any atom is -0.398 e. The summed E-state index contributed by atoms with van der Waals surface area (Å²) in [6.45, 7) is 1.83. The van der Waals surface area contributed by atoms with Crippen molar-refractivity contribution in [1.82, 2.24) is 4.98 Å². The average Bonchev–Trinajstić information content (AvgIpc) is 2.33. The summed E-state index contributed by atoms with van der Waals surface area (Å²) < 4.78 is 0.615. The van der Waals surface area contributed by atoms with Crippen molar-refractivity contribution in [3.63, 3.8) is 0 Å². The number of halogens is 2. The third kappa shape index (κ3) is 3.05. The lowest BCUT2D eigenvalue weighted by molar-refractivity contribution is 0.102. The molecule has 0 saturated carbocycles. The number of hydrogen-bond acceptors (Lipinski definition) is 3. The van der Waals surface area contributed by atoms with Gasteiger partial charge in [0.1, 0.15) is 5.15 Å². The van der Waals surface area contributed by atoms with Crippen LogP contribution in [0.3, 0.4) is 0 Å². The fourth-order valence-electron chi connectivity index (χ4n) is 1.68. The largest absolute Gasteiger partial charge is 0.398 e. The van der Waals surface area contributed by atoms with Gasteiger partial charge in [0.2, 0.25) is 0 Å². The van der Waals surface area contributed by atoms with E-state index in [-0.39, 0.29) is 5.91 Å². The molecule has 0 atom stereocenters. The van der Waals surface area contributed by atoms with Crippen molar-refractivity contribution in [1.29, 1.82) is 0 Å². The van der Waals surface area contributed by atoms with E-state index in [4.69, 9.17) is 17.3 Å². The zero-order chi connectivity index (χ0) is 14.0. The molecule has 0 spiro atoms. The molecule has 0 bridgehead atoms. The van der Waals surface area contributed by atoms with Crippen LogP contribution in [0.25, 0.3) is 0 Å². The van der Waals surface area contributed by atoms with Gasteiger partial charge in [-0.3, -0.25) is 4.79 Å². The Morgan fingerprint density at radius 3 is 2.84 bits per heavy atom. The monoisotopic (exact) mass is 339 g/mol. The number of nitrogens with zero attached hydrogens (tertiary/aromatic N) is 1. The summed E-state index contributed by atoms with van der Waals surface area (Å²) in [5.74, 6) is -0.272. The van der Waals surface area contributed by atoms with E-state index in [0.717, 1.165) is 5.56 Å². The highest BCUT2D eigenvalue weighted by Gasteiger charge is 2.13. The Morgan fingerprint density at radius 1 is 1.47 bits per heavy atom. The number of carbonyl (C=O) groups excluding carboxylic acids is 1. The van der Waals surface area contributed by atoms with Crippen LogP contribution in [-0.2, 0) is 0 Å². The summed E-state index contributed by atoms with van der Waals surface area (Å²) in [5.41, 5.74) is 8.10. The fraction of sp³-hybridized carbons (Fsp3) is 0.0769. The van der Waals surface area contributed by atoms with E-state index in [0.29, 0.717) is 26.6 Å². The first-order valence-electron chi connectivity index (χ1n) is 5.46. The van der Waals surface area contributed by atoms with Crippen molar-refractivity contribution in [2.45, 2.75) is 6.92 Å². The van der Waals surface area contributed by atoms with Crippen LogP contribution < -0.4 is 11.1 Å². The number of aromatic nitrogens is 1. The number of anilines is 2. The molecule has 1 amide bonds. The van der Waals surface area contributed by atoms with Gasteiger partial charge in [0.25, 0.3) is 5.91 Å². The highest BCUT2D eigenvalue weighted by atomic mass is 79.9. The molecule has 1 heterocycles. The molecule has 1 aromatic carbocycles. The molecule has 6 heteroatoms. The molecule has 4 nitrogen and oxygen atoms in total. The van der Waals surface area contributed by atoms with E-state index in [1.807, 2.05) is 19.1 Å². The van der Waals surface area contributed by atoms with Crippen LogP contribution >= 0.6 is 27.5 Å². The second-order valence-electron chi connectivity index (χ2n) is 3.99. The standard InChI is InChI=1S/C13H11BrClN3O/c1-7-3-2-4-10(16)11(7)13(19)18-8-5-9(14)12(15)17-6-8/h2-6H,16H2,1H3,(H,18,19). The molecule has 19 heavy (non-hydrogen) atoms. The normalized spacial score (nSPS) is 10.3. The van der Waals surface area contributed by atoms with Crippen LogP contribution in [0.1, 0.15) is 15.9 Å². The molecule has 0 radical (unpaired) electrons. The minimum absolute atomic E-state index is 0.272. The Morgan fingerprint density at radius 2 is 2.21 bits per heavy atom. The maximum Gasteiger partial charge on any atom is 0.258 e. The van der Waals surface area contributed by atoms with E-state index in [1.54, 1.807) is 12.1 Å². The average molecular weight is 341 g/mol. The lowest BCUT2D eigenvalue weighted by atomic mass is 10.1. The summed E-state index contributed by atoms with van der Waals surface area (Å²) in [5, 5.41) is 3.08. The molecule has 1 aromatic heterocycles. The van der Waals surface area contributed by atoms with Gasteiger partial charge >= 0.3 is 0 Å². The smallest absolute Gasteiger partial charge is 0.258 e. The number of nitrogens with one attached hydrogen (secondary N) is 1. The quantitative estimate of drug-likeness (QED) is 0.648. The molecule has 0 unspecified atom stereocenters. The number of hydrogen-bond donors (Lipinski definition) is 2. The molecule has 3 N–H and O–H groups in total. The van der Waals surface area contributed by atoms with E-state index < -0.39 is 0 Å². The zero-order valence-corrected chi connectivity index (χ0v) is 12.4. The predicted octanol–water partition coefficient (Wildman–Crippen LogP) is 3.64. The Hall–Kier alpha value is -1.59. The van der Waals surface area contributed by atoms with Gasteiger partial charge in [-0.05, 0) is 40.5 Å². The molecule has 2 rings (SSSR count). The summed E-state index contributed by atoms with van der Waals surface area (Å²) in [6, 6.07) is 7.02. The van der Waals surface area contributed by atoms with E-state index in [9.17, 15) is 4.79 Å². The lowest BCUT2D eigenvalue weighted by Crippen LogP contribution is -2.15. The molecule has 98 valence electrons. The van der Waals surface area contributed by atoms with Crippen molar-refractivity contribution in [3.8, 4) is 0 Å². The van der Waals surface area contributed by atoms with Crippen molar-refractivity contribution in [2.24, 2.45) is 0 Å². The molecule has 0 saturated heterocycles. The highest BCUT2D eigenvalue weighted by Crippen LogP contribution is 2.24. The Kier molecular flexibility index (Phi) is 4.07. The fourth-order valence-corrected chi connectivity index (χ4v) is 2.14. The Labute approximate surface area is 124 Å². The molecule has 0 fully saturated rings. The van der Waals surface area contributed by atoms with Gasteiger partial charge in [-0.15, -0.1) is 0 Å². The second-order valence-corrected chi connectivity index (χ2v) is 5.20. The number of aryl methyl sites for hydroxylation is 1. The van der Waals surface area contributed by atoms with Crippen LogP contribution in [0.4, 0.5) is 11.4 Å². The SMILES string of the molecule is Cc1cccc(N)c1C(=O)Nc1cnc(Cl)c(Br)c1. The second kappa shape index (κ2) is 5.59. The number of carbonyl (C=O) groups is 1. The van der Waals surface area contributed by atoms with E-state index in [2.05, 4.69) is 26.2 Å². The van der Waals surface area contributed by atoms with Gasteiger partial charge < -0.3 is 11.1 Å². The van der Waals surface area contributed by atoms with Gasteiger partial charge in [0.05, 0.1) is 21.9 Å². The number of benzene rings is 1. The Balaban J connectivity index is 2.28. The van der Waals surface area contributed by atoms with Crippen molar-refractivity contribution in [3.05, 3.63) is 51.2 Å². The molecule has 0 aliphatic rings. The maximum atomic E-state index is 12.2. The molecular weight excluding hydrogens is 330 g/mol. The molecule has 0 aliphatic carbocycles. The summed E-state index contributed by atoms with van der Waals surface area (Å²) >= 11 is 9.04. The summed E-state index contributed by atoms with van der Waals surface area (Å²) in [4.78, 5) is 16.1. The van der Waals surface area contributed by atoms with Crippen molar-refractivity contribution in [2.75, 3.05) is 11.1 Å². The number of amides is 1. The van der Waals surface area contributed by atoms with Crippen LogP contribution in [-0.4, -0.2) is 10.9 Å². The molecule has 2 aromatic rings. The van der Waals surface area contributed by atoms with Crippen molar-refractivity contribution >= 4 is 44.8 Å². The number of rotatable bonds is 2. The topological polar surface area (TPSA) is 68.0 Å². The Bertz CT molecular complexity index is 626. The first-order valence-corrected chi connectivity index (χ1v) is 6.63. The van der Waals surface area contributed by atoms with Gasteiger partial charge in [-0.2, -0.15) is 0 Å². The zero-order valence-electron chi connectivity index (χ0n) is 10.1. The highest BCUT2D eigenvalue weighted by molar-refractivity contribution is 9.10. The first kappa shape index (κ1) is 13.8. The van der Waals surface area contributed by atoms with Crippen LogP contribution in [0.5, 0.6) is 0 Å².